The number of methoxy groups -OCH3 is 2. The van der Waals surface area contributed by atoms with Crippen molar-refractivity contribution in [3.8, 4) is 0 Å². The Morgan fingerprint density at radius 3 is 2.48 bits per heavy atom. The Bertz CT molecular complexity index is 474. The van der Waals surface area contributed by atoms with Crippen molar-refractivity contribution in [1.82, 2.24) is 10.2 Å². The van der Waals surface area contributed by atoms with Crippen molar-refractivity contribution in [3.63, 3.8) is 0 Å². The molecule has 0 aliphatic carbocycles. The second-order valence-corrected chi connectivity index (χ2v) is 7.10. The third-order valence-corrected chi connectivity index (χ3v) is 3.88. The zero-order chi connectivity index (χ0) is 19.0. The van der Waals surface area contributed by atoms with Crippen LogP contribution in [0.15, 0.2) is 0 Å². The van der Waals surface area contributed by atoms with Crippen molar-refractivity contribution < 1.29 is 28.6 Å². The van der Waals surface area contributed by atoms with Crippen molar-refractivity contribution in [3.05, 3.63) is 0 Å². The van der Waals surface area contributed by atoms with E-state index >= 15 is 0 Å². The summed E-state index contributed by atoms with van der Waals surface area (Å²) in [6.45, 7) is 6.38. The molecular weight excluding hydrogens is 328 g/mol. The van der Waals surface area contributed by atoms with Crippen LogP contribution in [0.4, 0.5) is 4.79 Å². The highest BCUT2D eigenvalue weighted by Gasteiger charge is 2.30. The van der Waals surface area contributed by atoms with Crippen LogP contribution in [-0.2, 0) is 23.8 Å². The van der Waals surface area contributed by atoms with Gasteiger partial charge in [-0.1, -0.05) is 0 Å². The third-order valence-electron chi connectivity index (χ3n) is 3.88. The average molecular weight is 358 g/mol. The largest absolute Gasteiger partial charge is 0.467 e. The van der Waals surface area contributed by atoms with Gasteiger partial charge in [0.25, 0.3) is 0 Å². The Morgan fingerprint density at radius 2 is 1.92 bits per heavy atom. The maximum Gasteiger partial charge on any atom is 0.408 e. The molecule has 1 aliphatic heterocycles. The number of rotatable bonds is 7. The van der Waals surface area contributed by atoms with E-state index in [-0.39, 0.29) is 24.8 Å². The van der Waals surface area contributed by atoms with Crippen molar-refractivity contribution in [2.75, 3.05) is 27.4 Å². The van der Waals surface area contributed by atoms with Gasteiger partial charge < -0.3 is 24.4 Å². The SMILES string of the molecule is COC[C@@H]1CCCN1C(=O)CCC(NC(=O)OC(C)(C)C)C(=O)OC. The zero-order valence-electron chi connectivity index (χ0n) is 15.8. The number of ether oxygens (including phenoxy) is 3. The molecule has 1 unspecified atom stereocenters. The molecule has 0 aromatic rings. The van der Waals surface area contributed by atoms with Crippen LogP contribution in [0.2, 0.25) is 0 Å². The summed E-state index contributed by atoms with van der Waals surface area (Å²) in [6, 6.07) is -0.847. The van der Waals surface area contributed by atoms with Gasteiger partial charge in [-0.3, -0.25) is 4.79 Å². The smallest absolute Gasteiger partial charge is 0.408 e. The minimum absolute atomic E-state index is 0.0561. The number of carbonyl (C=O) groups excluding carboxylic acids is 3. The van der Waals surface area contributed by atoms with E-state index in [1.165, 1.54) is 7.11 Å². The lowest BCUT2D eigenvalue weighted by molar-refractivity contribution is -0.143. The van der Waals surface area contributed by atoms with Crippen LogP contribution in [0.25, 0.3) is 0 Å². The number of amides is 2. The summed E-state index contributed by atoms with van der Waals surface area (Å²) in [5.41, 5.74) is -0.677. The molecule has 0 radical (unpaired) electrons. The summed E-state index contributed by atoms with van der Waals surface area (Å²) < 4.78 is 15.0. The number of esters is 1. The molecule has 0 aromatic heterocycles. The molecule has 2 amide bonds. The highest BCUT2D eigenvalue weighted by molar-refractivity contribution is 5.83. The minimum Gasteiger partial charge on any atom is -0.467 e. The molecule has 8 heteroatoms. The number of alkyl carbamates (subject to hydrolysis) is 1. The maximum absolute atomic E-state index is 12.4. The lowest BCUT2D eigenvalue weighted by Gasteiger charge is -2.25. The predicted octanol–water partition coefficient (Wildman–Crippen LogP) is 1.47. The Hall–Kier alpha value is -1.83. The van der Waals surface area contributed by atoms with Gasteiger partial charge in [-0.05, 0) is 40.0 Å². The van der Waals surface area contributed by atoms with Crippen LogP contribution >= 0.6 is 0 Å². The fraction of sp³-hybridized carbons (Fsp3) is 0.824. The van der Waals surface area contributed by atoms with Crippen molar-refractivity contribution >= 4 is 18.0 Å². The van der Waals surface area contributed by atoms with Gasteiger partial charge in [0.15, 0.2) is 0 Å². The van der Waals surface area contributed by atoms with E-state index in [2.05, 4.69) is 5.32 Å². The minimum atomic E-state index is -0.924. The van der Waals surface area contributed by atoms with E-state index in [1.807, 2.05) is 0 Å². The summed E-state index contributed by atoms with van der Waals surface area (Å²) >= 11 is 0. The molecule has 1 N–H and O–H groups in total. The molecule has 144 valence electrons. The Morgan fingerprint density at radius 1 is 1.24 bits per heavy atom. The van der Waals surface area contributed by atoms with E-state index in [9.17, 15) is 14.4 Å². The van der Waals surface area contributed by atoms with Crippen LogP contribution in [0, 0.1) is 0 Å². The highest BCUT2D eigenvalue weighted by Crippen LogP contribution is 2.19. The van der Waals surface area contributed by atoms with Gasteiger partial charge >= 0.3 is 12.1 Å². The zero-order valence-corrected chi connectivity index (χ0v) is 15.8. The Balaban J connectivity index is 2.59. The van der Waals surface area contributed by atoms with Gasteiger partial charge in [0.2, 0.25) is 5.91 Å². The molecule has 0 saturated carbocycles. The average Bonchev–Trinajstić information content (AvgIpc) is 2.97. The molecule has 0 aromatic carbocycles. The van der Waals surface area contributed by atoms with Gasteiger partial charge in [0, 0.05) is 20.1 Å². The highest BCUT2D eigenvalue weighted by atomic mass is 16.6. The number of nitrogens with one attached hydrogen (secondary N) is 1. The van der Waals surface area contributed by atoms with Gasteiger partial charge in [0.1, 0.15) is 11.6 Å². The number of hydrogen-bond acceptors (Lipinski definition) is 6. The second-order valence-electron chi connectivity index (χ2n) is 7.10. The molecule has 0 bridgehead atoms. The lowest BCUT2D eigenvalue weighted by Crippen LogP contribution is -2.45. The standard InChI is InChI=1S/C17H30N2O6/c1-17(2,3)25-16(22)18-13(15(21)24-5)8-9-14(20)19-10-6-7-12(19)11-23-4/h12-13H,6-11H2,1-5H3,(H,18,22)/t12-,13?/m0/s1. The first-order valence-corrected chi connectivity index (χ1v) is 8.53. The van der Waals surface area contributed by atoms with E-state index < -0.39 is 23.7 Å². The molecule has 1 aliphatic rings. The fourth-order valence-electron chi connectivity index (χ4n) is 2.78. The van der Waals surface area contributed by atoms with E-state index in [4.69, 9.17) is 14.2 Å². The van der Waals surface area contributed by atoms with E-state index in [0.29, 0.717) is 13.2 Å². The summed E-state index contributed by atoms with van der Waals surface area (Å²) in [7, 11) is 2.85. The number of carbonyl (C=O) groups is 3. The molecule has 1 heterocycles. The Labute approximate surface area is 149 Å². The van der Waals surface area contributed by atoms with Crippen LogP contribution in [0.1, 0.15) is 46.5 Å². The number of nitrogens with zero attached hydrogens (tertiary/aromatic N) is 1. The summed E-state index contributed by atoms with van der Waals surface area (Å²) in [5, 5.41) is 2.48. The van der Waals surface area contributed by atoms with Crippen molar-refractivity contribution in [2.45, 2.75) is 64.1 Å². The van der Waals surface area contributed by atoms with Crippen molar-refractivity contribution in [1.29, 1.82) is 0 Å². The first-order valence-electron chi connectivity index (χ1n) is 8.53. The number of likely N-dealkylation sites (tertiary alicyclic amines) is 1. The first kappa shape index (κ1) is 21.2. The van der Waals surface area contributed by atoms with Gasteiger partial charge in [-0.2, -0.15) is 0 Å². The second kappa shape index (κ2) is 9.60. The molecule has 1 saturated heterocycles. The molecular formula is C17H30N2O6. The van der Waals surface area contributed by atoms with Gasteiger partial charge in [-0.15, -0.1) is 0 Å². The van der Waals surface area contributed by atoms with E-state index in [0.717, 1.165) is 12.8 Å². The molecule has 8 nitrogen and oxygen atoms in total. The third kappa shape index (κ3) is 7.29. The molecule has 25 heavy (non-hydrogen) atoms. The van der Waals surface area contributed by atoms with Crippen LogP contribution in [-0.4, -0.2) is 67.9 Å². The molecule has 1 fully saturated rings. The van der Waals surface area contributed by atoms with Crippen LogP contribution in [0.3, 0.4) is 0 Å². The van der Waals surface area contributed by atoms with Gasteiger partial charge in [-0.25, -0.2) is 9.59 Å². The van der Waals surface area contributed by atoms with Crippen molar-refractivity contribution in [2.24, 2.45) is 0 Å². The maximum atomic E-state index is 12.4. The number of hydrogen-bond donors (Lipinski definition) is 1. The lowest BCUT2D eigenvalue weighted by atomic mass is 10.1. The quantitative estimate of drug-likeness (QED) is 0.693. The normalized spacial score (nSPS) is 18.6. The Kier molecular flexibility index (Phi) is 8.15. The molecule has 2 atom stereocenters. The molecule has 0 spiro atoms. The van der Waals surface area contributed by atoms with Gasteiger partial charge in [0.05, 0.1) is 19.8 Å². The summed E-state index contributed by atoms with van der Waals surface area (Å²) in [5.74, 6) is -0.659. The topological polar surface area (TPSA) is 94.2 Å². The monoisotopic (exact) mass is 358 g/mol. The molecule has 1 rings (SSSR count). The first-order chi connectivity index (χ1) is 11.7. The summed E-state index contributed by atoms with van der Waals surface area (Å²) in [4.78, 5) is 38.0. The summed E-state index contributed by atoms with van der Waals surface area (Å²) in [6.07, 6.45) is 1.43. The van der Waals surface area contributed by atoms with E-state index in [1.54, 1.807) is 32.8 Å². The predicted molar refractivity (Wildman–Crippen MR) is 91.0 cm³/mol. The fourth-order valence-corrected chi connectivity index (χ4v) is 2.78. The van der Waals surface area contributed by atoms with Crippen LogP contribution < -0.4 is 5.32 Å². The van der Waals surface area contributed by atoms with Crippen LogP contribution in [0.5, 0.6) is 0 Å².